The van der Waals surface area contributed by atoms with Crippen LogP contribution in [0.4, 0.5) is 5.69 Å². The molecule has 1 saturated heterocycles. The summed E-state index contributed by atoms with van der Waals surface area (Å²) in [5.41, 5.74) is 1.07. The van der Waals surface area contributed by atoms with E-state index in [2.05, 4.69) is 24.1 Å². The summed E-state index contributed by atoms with van der Waals surface area (Å²) in [5, 5.41) is 3.02. The molecule has 0 unspecified atom stereocenters. The van der Waals surface area contributed by atoms with Crippen molar-refractivity contribution >= 4 is 11.6 Å². The molecular formula is C18H28N2O3. The number of anilines is 1. The van der Waals surface area contributed by atoms with Crippen molar-refractivity contribution in [2.75, 3.05) is 37.7 Å². The summed E-state index contributed by atoms with van der Waals surface area (Å²) in [6.45, 7) is 9.23. The summed E-state index contributed by atoms with van der Waals surface area (Å²) in [5.74, 6) is -0.154. The SMILES string of the molecule is CCN(CC(=O)NC[C@@H](C)CC1(C)OCCO1)c1ccccc1. The summed E-state index contributed by atoms with van der Waals surface area (Å²) in [4.78, 5) is 14.3. The molecule has 1 aliphatic rings. The van der Waals surface area contributed by atoms with E-state index in [1.807, 2.05) is 37.3 Å². The third-order valence-corrected chi connectivity index (χ3v) is 4.10. The molecule has 1 N–H and O–H groups in total. The molecule has 0 aliphatic carbocycles. The number of carbonyl (C=O) groups is 1. The van der Waals surface area contributed by atoms with Crippen LogP contribution in [0.1, 0.15) is 27.2 Å². The molecule has 23 heavy (non-hydrogen) atoms. The van der Waals surface area contributed by atoms with Gasteiger partial charge in [-0.05, 0) is 31.9 Å². The van der Waals surface area contributed by atoms with Gasteiger partial charge in [0.05, 0.1) is 19.8 Å². The van der Waals surface area contributed by atoms with Crippen molar-refractivity contribution in [3.63, 3.8) is 0 Å². The number of amides is 1. The van der Waals surface area contributed by atoms with Crippen molar-refractivity contribution in [1.29, 1.82) is 0 Å². The molecule has 5 nitrogen and oxygen atoms in total. The molecule has 1 aliphatic heterocycles. The topological polar surface area (TPSA) is 50.8 Å². The van der Waals surface area contributed by atoms with Crippen molar-refractivity contribution in [3.8, 4) is 0 Å². The lowest BCUT2D eigenvalue weighted by molar-refractivity contribution is -0.154. The van der Waals surface area contributed by atoms with Gasteiger partial charge >= 0.3 is 0 Å². The van der Waals surface area contributed by atoms with E-state index in [0.29, 0.717) is 32.2 Å². The first kappa shape index (κ1) is 17.8. The van der Waals surface area contributed by atoms with E-state index in [-0.39, 0.29) is 5.91 Å². The number of hydrogen-bond donors (Lipinski definition) is 1. The zero-order valence-electron chi connectivity index (χ0n) is 14.4. The first-order valence-electron chi connectivity index (χ1n) is 8.37. The fourth-order valence-electron chi connectivity index (χ4n) is 2.92. The van der Waals surface area contributed by atoms with Gasteiger partial charge in [0.1, 0.15) is 0 Å². The molecule has 0 saturated carbocycles. The van der Waals surface area contributed by atoms with Crippen LogP contribution < -0.4 is 10.2 Å². The third-order valence-electron chi connectivity index (χ3n) is 4.10. The number of para-hydroxylation sites is 1. The third kappa shape index (κ3) is 5.52. The molecule has 1 aromatic rings. The second kappa shape index (κ2) is 8.31. The maximum atomic E-state index is 12.2. The smallest absolute Gasteiger partial charge is 0.239 e. The molecule has 0 bridgehead atoms. The van der Waals surface area contributed by atoms with Gasteiger partial charge in [0.15, 0.2) is 5.79 Å². The summed E-state index contributed by atoms with van der Waals surface area (Å²) in [6.07, 6.45) is 0.781. The lowest BCUT2D eigenvalue weighted by atomic mass is 10.0. The molecule has 1 fully saturated rings. The minimum absolute atomic E-state index is 0.0426. The first-order valence-corrected chi connectivity index (χ1v) is 8.37. The highest BCUT2D eigenvalue weighted by molar-refractivity contribution is 5.81. The Morgan fingerprint density at radius 1 is 1.30 bits per heavy atom. The Morgan fingerprint density at radius 3 is 2.57 bits per heavy atom. The molecule has 128 valence electrons. The van der Waals surface area contributed by atoms with E-state index in [1.54, 1.807) is 0 Å². The number of likely N-dealkylation sites (N-methyl/N-ethyl adjacent to an activating group) is 1. The van der Waals surface area contributed by atoms with Crippen LogP contribution in [0, 0.1) is 5.92 Å². The Balaban J connectivity index is 1.75. The molecular weight excluding hydrogens is 292 g/mol. The van der Waals surface area contributed by atoms with Gasteiger partial charge in [0.2, 0.25) is 5.91 Å². The van der Waals surface area contributed by atoms with Gasteiger partial charge < -0.3 is 19.7 Å². The van der Waals surface area contributed by atoms with Crippen molar-refractivity contribution in [2.24, 2.45) is 5.92 Å². The largest absolute Gasteiger partial charge is 0.363 e. The summed E-state index contributed by atoms with van der Waals surface area (Å²) in [7, 11) is 0. The molecule has 1 aromatic carbocycles. The highest BCUT2D eigenvalue weighted by atomic mass is 16.7. The second-order valence-corrected chi connectivity index (χ2v) is 6.29. The highest BCUT2D eigenvalue weighted by Crippen LogP contribution is 2.26. The Labute approximate surface area is 139 Å². The molecule has 0 spiro atoms. The standard InChI is InChI=1S/C18H28N2O3/c1-4-20(16-8-6-5-7-9-16)14-17(21)19-13-15(2)12-18(3)22-10-11-23-18/h5-9,15H,4,10-14H2,1-3H3,(H,19,21)/t15-/m0/s1. The first-order chi connectivity index (χ1) is 11.0. The zero-order valence-corrected chi connectivity index (χ0v) is 14.4. The summed E-state index contributed by atoms with van der Waals surface area (Å²) < 4.78 is 11.2. The van der Waals surface area contributed by atoms with Gasteiger partial charge in [-0.3, -0.25) is 4.79 Å². The van der Waals surface area contributed by atoms with E-state index in [0.717, 1.165) is 18.7 Å². The lowest BCUT2D eigenvalue weighted by Crippen LogP contribution is -2.40. The lowest BCUT2D eigenvalue weighted by Gasteiger charge is -2.26. The molecule has 1 amide bonds. The van der Waals surface area contributed by atoms with Crippen LogP contribution in [0.15, 0.2) is 30.3 Å². The van der Waals surface area contributed by atoms with Gasteiger partial charge in [0.25, 0.3) is 0 Å². The van der Waals surface area contributed by atoms with E-state index in [1.165, 1.54) is 0 Å². The van der Waals surface area contributed by atoms with Gasteiger partial charge in [-0.25, -0.2) is 0 Å². The zero-order chi connectivity index (χ0) is 16.7. The van der Waals surface area contributed by atoms with Crippen LogP contribution in [0.5, 0.6) is 0 Å². The molecule has 1 heterocycles. The fourth-order valence-corrected chi connectivity index (χ4v) is 2.92. The monoisotopic (exact) mass is 320 g/mol. The second-order valence-electron chi connectivity index (χ2n) is 6.29. The Kier molecular flexibility index (Phi) is 6.42. The van der Waals surface area contributed by atoms with Crippen molar-refractivity contribution < 1.29 is 14.3 Å². The molecule has 0 radical (unpaired) electrons. The minimum atomic E-state index is -0.496. The number of hydrogen-bond acceptors (Lipinski definition) is 4. The average molecular weight is 320 g/mol. The van der Waals surface area contributed by atoms with Gasteiger partial charge in [-0.15, -0.1) is 0 Å². The Hall–Kier alpha value is -1.59. The Bertz CT molecular complexity index is 486. The summed E-state index contributed by atoms with van der Waals surface area (Å²) in [6, 6.07) is 10.00. The number of nitrogens with zero attached hydrogens (tertiary/aromatic N) is 1. The van der Waals surface area contributed by atoms with Gasteiger partial charge in [-0.2, -0.15) is 0 Å². The molecule has 1 atom stereocenters. The quantitative estimate of drug-likeness (QED) is 0.799. The van der Waals surface area contributed by atoms with Crippen molar-refractivity contribution in [1.82, 2.24) is 5.32 Å². The normalized spacial score (nSPS) is 17.7. The van der Waals surface area contributed by atoms with Gasteiger partial charge in [-0.1, -0.05) is 25.1 Å². The number of ether oxygens (including phenoxy) is 2. The van der Waals surface area contributed by atoms with Gasteiger partial charge in [0, 0.05) is 25.2 Å². The van der Waals surface area contributed by atoms with Crippen LogP contribution in [0.2, 0.25) is 0 Å². The predicted molar refractivity (Wildman–Crippen MR) is 91.4 cm³/mol. The summed E-state index contributed by atoms with van der Waals surface area (Å²) >= 11 is 0. The van der Waals surface area contributed by atoms with Crippen LogP contribution in [-0.2, 0) is 14.3 Å². The fraction of sp³-hybridized carbons (Fsp3) is 0.611. The maximum absolute atomic E-state index is 12.2. The Morgan fingerprint density at radius 2 is 1.96 bits per heavy atom. The van der Waals surface area contributed by atoms with E-state index < -0.39 is 5.79 Å². The van der Waals surface area contributed by atoms with Crippen molar-refractivity contribution in [3.05, 3.63) is 30.3 Å². The predicted octanol–water partition coefficient (Wildman–Crippen LogP) is 2.42. The highest BCUT2D eigenvalue weighted by Gasteiger charge is 2.32. The van der Waals surface area contributed by atoms with E-state index >= 15 is 0 Å². The number of nitrogens with one attached hydrogen (secondary N) is 1. The van der Waals surface area contributed by atoms with Crippen LogP contribution in [0.3, 0.4) is 0 Å². The van der Waals surface area contributed by atoms with Crippen LogP contribution in [-0.4, -0.2) is 44.5 Å². The minimum Gasteiger partial charge on any atom is -0.363 e. The van der Waals surface area contributed by atoms with Crippen molar-refractivity contribution in [2.45, 2.75) is 33.0 Å². The number of rotatable bonds is 8. The number of carbonyl (C=O) groups excluding carboxylic acids is 1. The van der Waals surface area contributed by atoms with E-state index in [9.17, 15) is 4.79 Å². The molecule has 2 rings (SSSR count). The van der Waals surface area contributed by atoms with E-state index in [4.69, 9.17) is 9.47 Å². The number of benzene rings is 1. The maximum Gasteiger partial charge on any atom is 0.239 e. The average Bonchev–Trinajstić information content (AvgIpc) is 2.97. The molecule has 0 aromatic heterocycles. The van der Waals surface area contributed by atoms with Crippen LogP contribution >= 0.6 is 0 Å². The molecule has 5 heteroatoms. The van der Waals surface area contributed by atoms with Crippen LogP contribution in [0.25, 0.3) is 0 Å².